The van der Waals surface area contributed by atoms with E-state index in [9.17, 15) is 18.0 Å². The Balaban J connectivity index is 2.89. The predicted molar refractivity (Wildman–Crippen MR) is 77.3 cm³/mol. The van der Waals surface area contributed by atoms with Crippen molar-refractivity contribution in [1.29, 1.82) is 0 Å². The van der Waals surface area contributed by atoms with E-state index in [2.05, 4.69) is 10.1 Å². The molecule has 0 spiro atoms. The molecular weight excluding hydrogens is 325 g/mol. The average Bonchev–Trinajstić information content (AvgIpc) is 2.27. The molecule has 22 heavy (non-hydrogen) atoms. The lowest BCUT2D eigenvalue weighted by Crippen LogP contribution is -2.27. The lowest BCUT2D eigenvalue weighted by Gasteiger charge is -2.20. The number of benzene rings is 1. The van der Waals surface area contributed by atoms with Crippen molar-refractivity contribution in [1.82, 2.24) is 0 Å². The zero-order chi connectivity index (χ0) is 17.1. The van der Waals surface area contributed by atoms with Gasteiger partial charge in [0.25, 0.3) is 0 Å². The number of nitrogens with one attached hydrogen (secondary N) is 1. The van der Waals surface area contributed by atoms with E-state index in [0.717, 1.165) is 6.07 Å². The van der Waals surface area contributed by atoms with Gasteiger partial charge in [0.05, 0.1) is 16.4 Å². The van der Waals surface area contributed by atoms with Gasteiger partial charge in [0, 0.05) is 6.07 Å². The first kappa shape index (κ1) is 18.2. The Morgan fingerprint density at radius 1 is 1.32 bits per heavy atom. The zero-order valence-corrected chi connectivity index (χ0v) is 12.9. The van der Waals surface area contributed by atoms with E-state index >= 15 is 0 Å². The van der Waals surface area contributed by atoms with Crippen LogP contribution >= 0.6 is 11.6 Å². The summed E-state index contributed by atoms with van der Waals surface area (Å²) >= 11 is 5.76. The molecule has 124 valence electrons. The van der Waals surface area contributed by atoms with Crippen molar-refractivity contribution in [3.8, 4) is 5.75 Å². The Hall–Kier alpha value is -1.83. The lowest BCUT2D eigenvalue weighted by atomic mass is 10.2. The Morgan fingerprint density at radius 2 is 1.91 bits per heavy atom. The summed E-state index contributed by atoms with van der Waals surface area (Å²) in [5.41, 5.74) is 5.02. The van der Waals surface area contributed by atoms with Crippen molar-refractivity contribution in [2.45, 2.75) is 32.5 Å². The fraction of sp³-hybridized carbons (Fsp3) is 0.462. The molecule has 0 aromatic heterocycles. The maximum absolute atomic E-state index is 12.2. The van der Waals surface area contributed by atoms with Crippen molar-refractivity contribution >= 4 is 29.1 Å². The number of ether oxygens (including phenoxy) is 2. The number of anilines is 2. The fourth-order valence-corrected chi connectivity index (χ4v) is 1.59. The third kappa shape index (κ3) is 6.30. The smallest absolute Gasteiger partial charge is 0.422 e. The van der Waals surface area contributed by atoms with Gasteiger partial charge in [-0.2, -0.15) is 13.2 Å². The number of hydrogen-bond donors (Lipinski definition) is 2. The molecule has 0 aliphatic carbocycles. The second kappa shape index (κ2) is 6.51. The van der Waals surface area contributed by atoms with Crippen LogP contribution in [-0.2, 0) is 4.74 Å². The monoisotopic (exact) mass is 340 g/mol. The second-order valence-corrected chi connectivity index (χ2v) is 5.81. The normalized spacial score (nSPS) is 12.0. The first-order valence-electron chi connectivity index (χ1n) is 6.16. The summed E-state index contributed by atoms with van der Waals surface area (Å²) in [5.74, 6) is -0.251. The van der Waals surface area contributed by atoms with Crippen molar-refractivity contribution < 1.29 is 27.4 Å². The Kier molecular flexibility index (Phi) is 5.39. The van der Waals surface area contributed by atoms with Crippen LogP contribution in [0.1, 0.15) is 20.8 Å². The van der Waals surface area contributed by atoms with Crippen LogP contribution in [0.4, 0.5) is 29.3 Å². The third-order valence-corrected chi connectivity index (χ3v) is 2.43. The predicted octanol–water partition coefficient (Wildman–Crippen LogP) is 4.21. The van der Waals surface area contributed by atoms with Gasteiger partial charge in [-0.15, -0.1) is 0 Å². The molecule has 3 N–H and O–H groups in total. The van der Waals surface area contributed by atoms with Crippen LogP contribution in [0.15, 0.2) is 12.1 Å². The number of hydrogen-bond acceptors (Lipinski definition) is 4. The highest BCUT2D eigenvalue weighted by Gasteiger charge is 2.29. The van der Waals surface area contributed by atoms with Gasteiger partial charge in [-0.25, -0.2) is 4.79 Å². The van der Waals surface area contributed by atoms with Gasteiger partial charge >= 0.3 is 12.3 Å². The maximum Gasteiger partial charge on any atom is 0.422 e. The van der Waals surface area contributed by atoms with Crippen LogP contribution in [-0.4, -0.2) is 24.5 Å². The molecule has 0 heterocycles. The molecule has 0 aliphatic heterocycles. The summed E-state index contributed by atoms with van der Waals surface area (Å²) in [4.78, 5) is 11.7. The molecule has 0 fully saturated rings. The van der Waals surface area contributed by atoms with Gasteiger partial charge < -0.3 is 15.2 Å². The highest BCUT2D eigenvalue weighted by molar-refractivity contribution is 6.32. The van der Waals surface area contributed by atoms with Crippen LogP contribution < -0.4 is 15.8 Å². The van der Waals surface area contributed by atoms with Gasteiger partial charge in [0.2, 0.25) is 0 Å². The molecule has 1 aromatic carbocycles. The lowest BCUT2D eigenvalue weighted by molar-refractivity contribution is -0.153. The highest BCUT2D eigenvalue weighted by atomic mass is 35.5. The summed E-state index contributed by atoms with van der Waals surface area (Å²) < 4.78 is 46.1. The first-order valence-corrected chi connectivity index (χ1v) is 6.54. The van der Waals surface area contributed by atoms with Crippen LogP contribution in [0, 0.1) is 0 Å². The quantitative estimate of drug-likeness (QED) is 0.808. The molecule has 0 unspecified atom stereocenters. The molecule has 0 aliphatic rings. The largest absolute Gasteiger partial charge is 0.482 e. The third-order valence-electron chi connectivity index (χ3n) is 2.13. The standard InChI is InChI=1S/C13H16ClF3N2O3/c1-12(2,3)22-11(20)19-9-5-10(7(14)4-8(9)18)21-6-13(15,16)17/h4-5H,6,18H2,1-3H3,(H,19,20). The number of halogens is 4. The summed E-state index contributed by atoms with van der Waals surface area (Å²) in [6.45, 7) is 3.48. The van der Waals surface area contributed by atoms with Gasteiger partial charge in [-0.1, -0.05) is 11.6 Å². The first-order chi connectivity index (χ1) is 9.87. The molecule has 1 aromatic rings. The fourth-order valence-electron chi connectivity index (χ4n) is 1.36. The molecular formula is C13H16ClF3N2O3. The van der Waals surface area contributed by atoms with E-state index in [4.69, 9.17) is 22.1 Å². The van der Waals surface area contributed by atoms with Gasteiger partial charge in [-0.3, -0.25) is 5.32 Å². The SMILES string of the molecule is CC(C)(C)OC(=O)Nc1cc(OCC(F)(F)F)c(Cl)cc1N. The highest BCUT2D eigenvalue weighted by Crippen LogP contribution is 2.34. The number of nitrogens with two attached hydrogens (primary N) is 1. The van der Waals surface area contributed by atoms with Crippen molar-refractivity contribution in [2.75, 3.05) is 17.7 Å². The number of carbonyl (C=O) groups is 1. The van der Waals surface area contributed by atoms with E-state index in [1.54, 1.807) is 20.8 Å². The Labute approximate surface area is 130 Å². The number of carbonyl (C=O) groups excluding carboxylic acids is 1. The topological polar surface area (TPSA) is 73.6 Å². The minimum atomic E-state index is -4.51. The van der Waals surface area contributed by atoms with Crippen molar-refractivity contribution in [3.05, 3.63) is 17.2 Å². The maximum atomic E-state index is 12.2. The van der Waals surface area contributed by atoms with Crippen molar-refractivity contribution in [2.24, 2.45) is 0 Å². The van der Waals surface area contributed by atoms with E-state index in [0.29, 0.717) is 0 Å². The van der Waals surface area contributed by atoms with Gasteiger partial charge in [0.1, 0.15) is 11.4 Å². The zero-order valence-electron chi connectivity index (χ0n) is 12.2. The second-order valence-electron chi connectivity index (χ2n) is 5.40. The van der Waals surface area contributed by atoms with Crippen LogP contribution in [0.25, 0.3) is 0 Å². The van der Waals surface area contributed by atoms with Gasteiger partial charge in [-0.05, 0) is 26.8 Å². The van der Waals surface area contributed by atoms with Crippen LogP contribution in [0.3, 0.4) is 0 Å². The molecule has 1 amide bonds. The minimum Gasteiger partial charge on any atom is -0.482 e. The molecule has 0 radical (unpaired) electrons. The number of rotatable bonds is 3. The van der Waals surface area contributed by atoms with E-state index in [1.807, 2.05) is 0 Å². The molecule has 0 saturated heterocycles. The Morgan fingerprint density at radius 3 is 2.41 bits per heavy atom. The summed E-state index contributed by atoms with van der Waals surface area (Å²) in [7, 11) is 0. The van der Waals surface area contributed by atoms with Crippen LogP contribution in [0.5, 0.6) is 5.75 Å². The average molecular weight is 341 g/mol. The number of nitrogen functional groups attached to an aromatic ring is 1. The molecule has 5 nitrogen and oxygen atoms in total. The molecule has 0 atom stereocenters. The van der Waals surface area contributed by atoms with Gasteiger partial charge in [0.15, 0.2) is 6.61 Å². The van der Waals surface area contributed by atoms with E-state index in [-0.39, 0.29) is 22.1 Å². The molecule has 1 rings (SSSR count). The summed E-state index contributed by atoms with van der Waals surface area (Å²) in [6.07, 6.45) is -5.31. The number of alkyl halides is 3. The Bertz CT molecular complexity index is 557. The molecule has 0 saturated carbocycles. The van der Waals surface area contributed by atoms with E-state index in [1.165, 1.54) is 6.07 Å². The minimum absolute atomic E-state index is 0.0378. The van der Waals surface area contributed by atoms with E-state index < -0.39 is 24.5 Å². The molecule has 0 bridgehead atoms. The van der Waals surface area contributed by atoms with Crippen molar-refractivity contribution in [3.63, 3.8) is 0 Å². The summed E-state index contributed by atoms with van der Waals surface area (Å²) in [6, 6.07) is 2.29. The number of amides is 1. The van der Waals surface area contributed by atoms with Crippen LogP contribution in [0.2, 0.25) is 5.02 Å². The summed E-state index contributed by atoms with van der Waals surface area (Å²) in [5, 5.41) is 2.22. The molecule has 9 heteroatoms.